The van der Waals surface area contributed by atoms with Crippen LogP contribution in [-0.4, -0.2) is 108 Å². The number of unbranched alkanes of at least 4 members (excludes halogenated alkanes) is 3. The highest BCUT2D eigenvalue weighted by Crippen LogP contribution is 2.39. The fourth-order valence-electron chi connectivity index (χ4n) is 8.52. The molecule has 2 fully saturated rings. The summed E-state index contributed by atoms with van der Waals surface area (Å²) in [7, 11) is 0. The molecule has 0 spiro atoms. The van der Waals surface area contributed by atoms with Crippen molar-refractivity contribution in [3.05, 3.63) is 114 Å². The summed E-state index contributed by atoms with van der Waals surface area (Å²) >= 11 is 0. The Balaban J connectivity index is 0.810. The van der Waals surface area contributed by atoms with Gasteiger partial charge in [-0.25, -0.2) is 9.98 Å². The SMILES string of the molecule is C=CCNC(=O)/C(=C/N=CNc1ccc(N2CCN(CCCCCCOc3cccc4c3C(=O)N(C3CCC(=O)NC3=O)C4=O)CC2)cc1)C(=C)Nc1ccc2c(n1)[C@@](O)(CC)CC2. The summed E-state index contributed by atoms with van der Waals surface area (Å²) in [5.41, 5.74) is 3.63. The predicted octanol–water partition coefficient (Wildman–Crippen LogP) is 5.04. The molecule has 4 heterocycles. The van der Waals surface area contributed by atoms with Gasteiger partial charge in [-0.1, -0.05) is 44.6 Å². The molecule has 4 aliphatic rings. The molecule has 16 heteroatoms. The van der Waals surface area contributed by atoms with E-state index in [1.165, 1.54) is 12.5 Å². The molecule has 0 radical (unpaired) electrons. The van der Waals surface area contributed by atoms with E-state index in [0.717, 1.165) is 86.7 Å². The summed E-state index contributed by atoms with van der Waals surface area (Å²) in [6, 6.07) is 15.8. The second-order valence-corrected chi connectivity index (χ2v) is 16.4. The highest BCUT2D eigenvalue weighted by molar-refractivity contribution is 6.24. The molecule has 1 aromatic heterocycles. The molecule has 3 aliphatic heterocycles. The maximum atomic E-state index is 13.3. The number of aliphatic imine (C=N–C) groups is 1. The minimum absolute atomic E-state index is 0.0686. The fourth-order valence-corrected chi connectivity index (χ4v) is 8.52. The van der Waals surface area contributed by atoms with Gasteiger partial charge in [0.05, 0.1) is 35.3 Å². The normalized spacial score (nSPS) is 20.0. The number of carbonyl (C=O) groups is 5. The predicted molar refractivity (Wildman–Crippen MR) is 245 cm³/mol. The van der Waals surface area contributed by atoms with Gasteiger partial charge in [-0.2, -0.15) is 0 Å². The largest absolute Gasteiger partial charge is 0.493 e. The molecule has 2 atom stereocenters. The van der Waals surface area contributed by atoms with E-state index in [1.807, 2.05) is 31.2 Å². The number of amides is 5. The number of aryl methyl sites for hydroxylation is 1. The Kier molecular flexibility index (Phi) is 14.7. The van der Waals surface area contributed by atoms with E-state index >= 15 is 0 Å². The van der Waals surface area contributed by atoms with E-state index in [1.54, 1.807) is 24.3 Å². The number of imide groups is 2. The fraction of sp³-hybridized carbons (Fsp3) is 0.396. The van der Waals surface area contributed by atoms with Crippen LogP contribution in [0.25, 0.3) is 0 Å². The topological polar surface area (TPSA) is 198 Å². The first-order valence-corrected chi connectivity index (χ1v) is 22.1. The molecule has 5 N–H and O–H groups in total. The average molecular weight is 872 g/mol. The molecular weight excluding hydrogens is 815 g/mol. The highest BCUT2D eigenvalue weighted by atomic mass is 16.5. The lowest BCUT2D eigenvalue weighted by Gasteiger charge is -2.36. The first-order valence-electron chi connectivity index (χ1n) is 22.1. The van der Waals surface area contributed by atoms with Gasteiger partial charge in [0.15, 0.2) is 0 Å². The molecule has 2 saturated heterocycles. The van der Waals surface area contributed by atoms with Crippen molar-refractivity contribution in [1.29, 1.82) is 0 Å². The van der Waals surface area contributed by atoms with Gasteiger partial charge in [0.2, 0.25) is 11.8 Å². The number of nitrogens with zero attached hydrogens (tertiary/aromatic N) is 5. The van der Waals surface area contributed by atoms with Gasteiger partial charge in [0.25, 0.3) is 17.7 Å². The summed E-state index contributed by atoms with van der Waals surface area (Å²) < 4.78 is 5.99. The van der Waals surface area contributed by atoms with Gasteiger partial charge in [-0.3, -0.25) is 39.1 Å². The molecule has 0 bridgehead atoms. The molecule has 336 valence electrons. The molecule has 1 unspecified atom stereocenters. The molecule has 16 nitrogen and oxygen atoms in total. The van der Waals surface area contributed by atoms with Crippen LogP contribution in [-0.2, 0) is 26.4 Å². The summed E-state index contributed by atoms with van der Waals surface area (Å²) in [5, 5.41) is 22.3. The maximum Gasteiger partial charge on any atom is 0.266 e. The lowest BCUT2D eigenvalue weighted by atomic mass is 9.98. The molecule has 0 saturated carbocycles. The number of nitrogens with one attached hydrogen (secondary N) is 4. The second kappa shape index (κ2) is 20.7. The minimum Gasteiger partial charge on any atom is -0.493 e. The van der Waals surface area contributed by atoms with Crippen molar-refractivity contribution in [3.8, 4) is 5.75 Å². The molecule has 5 amide bonds. The second-order valence-electron chi connectivity index (χ2n) is 16.4. The zero-order chi connectivity index (χ0) is 45.2. The zero-order valence-corrected chi connectivity index (χ0v) is 36.4. The Morgan fingerprint density at radius 2 is 1.78 bits per heavy atom. The van der Waals surface area contributed by atoms with Gasteiger partial charge in [0.1, 0.15) is 23.2 Å². The Labute approximate surface area is 373 Å². The lowest BCUT2D eigenvalue weighted by Crippen LogP contribution is -2.54. The van der Waals surface area contributed by atoms with Crippen LogP contribution in [0.4, 0.5) is 17.2 Å². The van der Waals surface area contributed by atoms with Crippen LogP contribution in [0, 0.1) is 0 Å². The van der Waals surface area contributed by atoms with Gasteiger partial charge >= 0.3 is 0 Å². The third kappa shape index (κ3) is 10.4. The number of aliphatic hydroxyl groups is 1. The monoisotopic (exact) mass is 871 g/mol. The van der Waals surface area contributed by atoms with E-state index in [-0.39, 0.29) is 42.0 Å². The summed E-state index contributed by atoms with van der Waals surface area (Å²) in [5.74, 6) is -1.71. The van der Waals surface area contributed by atoms with Crippen molar-refractivity contribution in [3.63, 3.8) is 0 Å². The number of hydrogen-bond acceptors (Lipinski definition) is 12. The van der Waals surface area contributed by atoms with E-state index in [0.29, 0.717) is 42.4 Å². The summed E-state index contributed by atoms with van der Waals surface area (Å²) in [6.07, 6.45) is 10.6. The van der Waals surface area contributed by atoms with Gasteiger partial charge in [-0.05, 0) is 93.1 Å². The number of piperazine rings is 1. The van der Waals surface area contributed by atoms with Crippen LogP contribution in [0.2, 0.25) is 0 Å². The highest BCUT2D eigenvalue weighted by Gasteiger charge is 2.46. The number of carbonyl (C=O) groups excluding carboxylic acids is 5. The van der Waals surface area contributed by atoms with Crippen LogP contribution >= 0.6 is 0 Å². The smallest absolute Gasteiger partial charge is 0.266 e. The third-order valence-corrected chi connectivity index (χ3v) is 12.2. The van der Waals surface area contributed by atoms with Crippen LogP contribution in [0.1, 0.15) is 90.3 Å². The number of piperidine rings is 1. The maximum absolute atomic E-state index is 13.3. The van der Waals surface area contributed by atoms with Gasteiger partial charge < -0.3 is 30.7 Å². The summed E-state index contributed by atoms with van der Waals surface area (Å²) in [6.45, 7) is 15.2. The number of ether oxygens (including phenoxy) is 1. The molecular formula is C48H57N9O7. The Hall–Kier alpha value is -6.65. The van der Waals surface area contributed by atoms with Crippen LogP contribution in [0.3, 0.4) is 0 Å². The Morgan fingerprint density at radius 1 is 1.00 bits per heavy atom. The Morgan fingerprint density at radius 3 is 2.53 bits per heavy atom. The number of fused-ring (bicyclic) bond motifs is 2. The van der Waals surface area contributed by atoms with E-state index < -0.39 is 35.3 Å². The zero-order valence-electron chi connectivity index (χ0n) is 36.4. The van der Waals surface area contributed by atoms with Crippen molar-refractivity contribution in [2.24, 2.45) is 4.99 Å². The van der Waals surface area contributed by atoms with Crippen LogP contribution < -0.4 is 30.9 Å². The van der Waals surface area contributed by atoms with Gasteiger partial charge in [0, 0.05) is 62.4 Å². The first-order chi connectivity index (χ1) is 31.0. The summed E-state index contributed by atoms with van der Waals surface area (Å²) in [4.78, 5) is 78.3. The number of pyridine rings is 1. The first kappa shape index (κ1) is 45.4. The number of anilines is 3. The number of aromatic nitrogens is 1. The molecule has 64 heavy (non-hydrogen) atoms. The van der Waals surface area contributed by atoms with Crippen molar-refractivity contribution in [1.82, 2.24) is 25.4 Å². The Bertz CT molecular complexity index is 2340. The van der Waals surface area contributed by atoms with Gasteiger partial charge in [-0.15, -0.1) is 6.58 Å². The van der Waals surface area contributed by atoms with E-state index in [9.17, 15) is 29.1 Å². The standard InChI is InChI=1S/C48H57N9O7/c1-4-23-50-44(59)37(32(3)52-40-19-13-33-21-22-48(63,5-2)43(33)53-40)30-49-31-51-34-14-16-35(17-15-34)56-27-25-55(26-28-56)24-8-6-7-9-29-64-39-12-10-11-36-42(39)47(62)57(46(36)61)38-18-20-41(58)54-45(38)60/h4,10-17,19,30-31,38,63H,1,3,5-9,18,20-29H2,2H3,(H,49,51)(H,50,59)(H,52,53)(H,54,58,60)/b37-30+/t38?,48-/m1/s1. The van der Waals surface area contributed by atoms with Crippen molar-refractivity contribution in [2.45, 2.75) is 76.4 Å². The minimum atomic E-state index is -1.01. The van der Waals surface area contributed by atoms with Crippen molar-refractivity contribution < 1.29 is 33.8 Å². The molecule has 7 rings (SSSR count). The van der Waals surface area contributed by atoms with E-state index in [4.69, 9.17) is 4.74 Å². The number of rotatable bonds is 20. The third-order valence-electron chi connectivity index (χ3n) is 12.2. The number of benzene rings is 2. The van der Waals surface area contributed by atoms with Crippen LogP contribution in [0.5, 0.6) is 5.75 Å². The quantitative estimate of drug-likeness (QED) is 0.0193. The molecule has 3 aromatic rings. The average Bonchev–Trinajstić information content (AvgIpc) is 3.77. The molecule has 2 aromatic carbocycles. The van der Waals surface area contributed by atoms with Crippen molar-refractivity contribution >= 4 is 53.1 Å². The number of hydrogen-bond donors (Lipinski definition) is 5. The van der Waals surface area contributed by atoms with E-state index in [2.05, 4.69) is 66.3 Å². The molecule has 1 aliphatic carbocycles. The lowest BCUT2D eigenvalue weighted by molar-refractivity contribution is -0.136. The van der Waals surface area contributed by atoms with Crippen LogP contribution in [0.15, 0.2) is 96.3 Å². The van der Waals surface area contributed by atoms with Crippen molar-refractivity contribution in [2.75, 3.05) is 61.4 Å².